The summed E-state index contributed by atoms with van der Waals surface area (Å²) in [6, 6.07) is 4.96. The van der Waals surface area contributed by atoms with Crippen LogP contribution in [-0.2, 0) is 9.47 Å². The summed E-state index contributed by atoms with van der Waals surface area (Å²) in [7, 11) is 1.34. The number of anilines is 2. The molecule has 3 N–H and O–H groups in total. The second-order valence-corrected chi connectivity index (χ2v) is 6.78. The number of hydrogen-bond donors (Lipinski definition) is 2. The summed E-state index contributed by atoms with van der Waals surface area (Å²) >= 11 is 0. The fourth-order valence-corrected chi connectivity index (χ4v) is 2.41. The maximum Gasteiger partial charge on any atom is 0.407 e. The second-order valence-electron chi connectivity index (χ2n) is 6.78. The van der Waals surface area contributed by atoms with Gasteiger partial charge in [-0.15, -0.1) is 0 Å². The molecule has 7 heteroatoms. The molecule has 1 aromatic rings. The number of benzene rings is 1. The number of esters is 1. The Morgan fingerprint density at radius 2 is 1.96 bits per heavy atom. The van der Waals surface area contributed by atoms with E-state index in [0.29, 0.717) is 24.3 Å². The van der Waals surface area contributed by atoms with E-state index in [4.69, 9.17) is 15.2 Å². The van der Waals surface area contributed by atoms with E-state index in [1.165, 1.54) is 7.11 Å². The Morgan fingerprint density at radius 1 is 1.32 bits per heavy atom. The highest BCUT2D eigenvalue weighted by Crippen LogP contribution is 2.26. The van der Waals surface area contributed by atoms with Crippen molar-refractivity contribution in [1.82, 2.24) is 5.32 Å². The van der Waals surface area contributed by atoms with Gasteiger partial charge in [0.25, 0.3) is 0 Å². The molecule has 140 valence electrons. The standard InChI is InChI=1S/C18H29N3O4/c1-7-21(12(2)11-20-17(23)25-18(3,4)5)15-10-13(16(22)24-6)8-9-14(15)19/h8-10,12H,7,11,19H2,1-6H3,(H,20,23). The van der Waals surface area contributed by atoms with Crippen molar-refractivity contribution in [2.24, 2.45) is 0 Å². The average molecular weight is 351 g/mol. The lowest BCUT2D eigenvalue weighted by atomic mass is 10.1. The summed E-state index contributed by atoms with van der Waals surface area (Å²) in [6.45, 7) is 10.4. The molecule has 7 nitrogen and oxygen atoms in total. The number of nitrogens with one attached hydrogen (secondary N) is 1. The van der Waals surface area contributed by atoms with Gasteiger partial charge in [-0.3, -0.25) is 0 Å². The normalized spacial score (nSPS) is 12.2. The molecular weight excluding hydrogens is 322 g/mol. The molecule has 0 aliphatic heterocycles. The SMILES string of the molecule is CCN(c1cc(C(=O)OC)ccc1N)C(C)CNC(=O)OC(C)(C)C. The van der Waals surface area contributed by atoms with Gasteiger partial charge in [0.2, 0.25) is 0 Å². The first-order valence-electron chi connectivity index (χ1n) is 8.30. The van der Waals surface area contributed by atoms with Gasteiger partial charge < -0.3 is 25.4 Å². The molecule has 25 heavy (non-hydrogen) atoms. The molecule has 1 atom stereocenters. The van der Waals surface area contributed by atoms with Crippen molar-refractivity contribution < 1.29 is 19.1 Å². The molecule has 1 rings (SSSR count). The summed E-state index contributed by atoms with van der Waals surface area (Å²) in [5.74, 6) is -0.420. The van der Waals surface area contributed by atoms with Crippen molar-refractivity contribution in [3.8, 4) is 0 Å². The van der Waals surface area contributed by atoms with E-state index in [-0.39, 0.29) is 6.04 Å². The van der Waals surface area contributed by atoms with Crippen LogP contribution in [0.5, 0.6) is 0 Å². The van der Waals surface area contributed by atoms with Crippen LogP contribution in [0.1, 0.15) is 45.0 Å². The number of rotatable bonds is 6. The summed E-state index contributed by atoms with van der Waals surface area (Å²) in [5, 5.41) is 2.76. The van der Waals surface area contributed by atoms with Crippen LogP contribution in [-0.4, -0.2) is 43.9 Å². The van der Waals surface area contributed by atoms with Crippen LogP contribution < -0.4 is 16.0 Å². The predicted octanol–water partition coefficient (Wildman–Crippen LogP) is 2.79. The molecule has 0 saturated heterocycles. The van der Waals surface area contributed by atoms with E-state index in [0.717, 1.165) is 5.69 Å². The lowest BCUT2D eigenvalue weighted by Crippen LogP contribution is -2.44. The maximum absolute atomic E-state index is 11.8. The van der Waals surface area contributed by atoms with Gasteiger partial charge in [-0.25, -0.2) is 9.59 Å². The lowest BCUT2D eigenvalue weighted by molar-refractivity contribution is 0.0524. The van der Waals surface area contributed by atoms with Crippen molar-refractivity contribution in [2.45, 2.75) is 46.3 Å². The molecule has 0 aliphatic carbocycles. The van der Waals surface area contributed by atoms with Gasteiger partial charge in [-0.1, -0.05) is 0 Å². The third-order valence-corrected chi connectivity index (χ3v) is 3.57. The van der Waals surface area contributed by atoms with Crippen molar-refractivity contribution >= 4 is 23.4 Å². The van der Waals surface area contributed by atoms with E-state index in [1.807, 2.05) is 39.5 Å². The Kier molecular flexibility index (Phi) is 7.09. The molecule has 1 amide bonds. The van der Waals surface area contributed by atoms with Crippen molar-refractivity contribution in [2.75, 3.05) is 30.8 Å². The lowest BCUT2D eigenvalue weighted by Gasteiger charge is -2.32. The first-order chi connectivity index (χ1) is 11.6. The van der Waals surface area contributed by atoms with E-state index < -0.39 is 17.7 Å². The topological polar surface area (TPSA) is 93.9 Å². The van der Waals surface area contributed by atoms with Gasteiger partial charge >= 0.3 is 12.1 Å². The van der Waals surface area contributed by atoms with Crippen LogP contribution in [0.2, 0.25) is 0 Å². The number of carbonyl (C=O) groups excluding carboxylic acids is 2. The van der Waals surface area contributed by atoms with Crippen molar-refractivity contribution in [1.29, 1.82) is 0 Å². The Balaban J connectivity index is 2.87. The van der Waals surface area contributed by atoms with E-state index in [2.05, 4.69) is 5.32 Å². The monoisotopic (exact) mass is 351 g/mol. The van der Waals surface area contributed by atoms with E-state index >= 15 is 0 Å². The number of hydrogen-bond acceptors (Lipinski definition) is 6. The van der Waals surface area contributed by atoms with Gasteiger partial charge in [0, 0.05) is 19.1 Å². The number of carbonyl (C=O) groups is 2. The number of amides is 1. The zero-order valence-electron chi connectivity index (χ0n) is 15.9. The molecule has 0 aliphatic rings. The number of ether oxygens (including phenoxy) is 2. The average Bonchev–Trinajstić information content (AvgIpc) is 2.53. The first-order valence-corrected chi connectivity index (χ1v) is 8.30. The van der Waals surface area contributed by atoms with Crippen LogP contribution in [0.25, 0.3) is 0 Å². The van der Waals surface area contributed by atoms with Gasteiger partial charge in [0.05, 0.1) is 24.0 Å². The Hall–Kier alpha value is -2.44. The first kappa shape index (κ1) is 20.6. The minimum Gasteiger partial charge on any atom is -0.465 e. The fourth-order valence-electron chi connectivity index (χ4n) is 2.41. The van der Waals surface area contributed by atoms with Crippen LogP contribution >= 0.6 is 0 Å². The van der Waals surface area contributed by atoms with Crippen molar-refractivity contribution in [3.63, 3.8) is 0 Å². The van der Waals surface area contributed by atoms with Crippen LogP contribution in [0.15, 0.2) is 18.2 Å². The molecule has 0 aromatic heterocycles. The summed E-state index contributed by atoms with van der Waals surface area (Å²) in [5.41, 5.74) is 7.24. The molecule has 0 heterocycles. The quantitative estimate of drug-likeness (QED) is 0.604. The largest absolute Gasteiger partial charge is 0.465 e. The number of alkyl carbamates (subject to hydrolysis) is 1. The van der Waals surface area contributed by atoms with Gasteiger partial charge in [0.15, 0.2) is 0 Å². The molecule has 0 fully saturated rings. The summed E-state index contributed by atoms with van der Waals surface area (Å²) in [4.78, 5) is 25.6. The summed E-state index contributed by atoms with van der Waals surface area (Å²) < 4.78 is 10.0. The smallest absolute Gasteiger partial charge is 0.407 e. The van der Waals surface area contributed by atoms with E-state index in [1.54, 1.807) is 18.2 Å². The highest BCUT2D eigenvalue weighted by atomic mass is 16.6. The van der Waals surface area contributed by atoms with Crippen molar-refractivity contribution in [3.05, 3.63) is 23.8 Å². The van der Waals surface area contributed by atoms with E-state index in [9.17, 15) is 9.59 Å². The number of likely N-dealkylation sites (N-methyl/N-ethyl adjacent to an activating group) is 1. The zero-order chi connectivity index (χ0) is 19.2. The number of methoxy groups -OCH3 is 1. The zero-order valence-corrected chi connectivity index (χ0v) is 15.9. The van der Waals surface area contributed by atoms with Crippen LogP contribution in [0.3, 0.4) is 0 Å². The second kappa shape index (κ2) is 8.60. The Labute approximate surface area is 149 Å². The number of nitrogens with zero attached hydrogens (tertiary/aromatic N) is 1. The predicted molar refractivity (Wildman–Crippen MR) is 98.9 cm³/mol. The molecule has 0 spiro atoms. The third-order valence-electron chi connectivity index (χ3n) is 3.57. The van der Waals surface area contributed by atoms with Crippen LogP contribution in [0, 0.1) is 0 Å². The molecule has 1 unspecified atom stereocenters. The highest BCUT2D eigenvalue weighted by Gasteiger charge is 2.20. The molecular formula is C18H29N3O4. The molecule has 0 bridgehead atoms. The highest BCUT2D eigenvalue weighted by molar-refractivity contribution is 5.92. The molecule has 0 saturated carbocycles. The third kappa shape index (κ3) is 6.17. The van der Waals surface area contributed by atoms with Gasteiger partial charge in [0.1, 0.15) is 5.60 Å². The Morgan fingerprint density at radius 3 is 2.48 bits per heavy atom. The molecule has 0 radical (unpaired) electrons. The number of nitrogens with two attached hydrogens (primary N) is 1. The number of nitrogen functional groups attached to an aromatic ring is 1. The van der Waals surface area contributed by atoms with Crippen LogP contribution in [0.4, 0.5) is 16.2 Å². The fraction of sp³-hybridized carbons (Fsp3) is 0.556. The van der Waals surface area contributed by atoms with Gasteiger partial charge in [-0.05, 0) is 52.8 Å². The molecule has 1 aromatic carbocycles. The minimum atomic E-state index is -0.545. The minimum absolute atomic E-state index is 0.0484. The summed E-state index contributed by atoms with van der Waals surface area (Å²) in [6.07, 6.45) is -0.466. The Bertz CT molecular complexity index is 611. The maximum atomic E-state index is 11.8. The van der Waals surface area contributed by atoms with Gasteiger partial charge in [-0.2, -0.15) is 0 Å².